The zero-order valence-corrected chi connectivity index (χ0v) is 19.9. The van der Waals surface area contributed by atoms with Gasteiger partial charge in [0.05, 0.1) is 12.6 Å². The van der Waals surface area contributed by atoms with Gasteiger partial charge in [0.15, 0.2) is 11.8 Å². The van der Waals surface area contributed by atoms with Gasteiger partial charge < -0.3 is 15.4 Å². The first-order chi connectivity index (χ1) is 13.0. The Morgan fingerprint density at radius 2 is 2.11 bits per heavy atom. The van der Waals surface area contributed by atoms with Crippen molar-refractivity contribution in [1.29, 1.82) is 0 Å². The van der Waals surface area contributed by atoms with Crippen molar-refractivity contribution in [3.8, 4) is 0 Å². The second kappa shape index (κ2) is 8.85. The van der Waals surface area contributed by atoms with Gasteiger partial charge in [0.25, 0.3) is 0 Å². The largest absolute Gasteiger partial charge is 0.377 e. The van der Waals surface area contributed by atoms with Gasteiger partial charge in [-0.15, -0.1) is 24.0 Å². The van der Waals surface area contributed by atoms with E-state index >= 15 is 0 Å². The van der Waals surface area contributed by atoms with Crippen LogP contribution in [0.1, 0.15) is 58.6 Å². The minimum Gasteiger partial charge on any atom is -0.377 e. The third kappa shape index (κ3) is 4.04. The molecular formula is C20H35IN6O. The molecule has 2 aliphatic heterocycles. The molecule has 28 heavy (non-hydrogen) atoms. The Morgan fingerprint density at radius 3 is 2.86 bits per heavy atom. The van der Waals surface area contributed by atoms with Crippen LogP contribution in [-0.4, -0.2) is 52.1 Å². The quantitative estimate of drug-likeness (QED) is 0.376. The molecule has 0 radical (unpaired) electrons. The molecule has 0 aromatic carbocycles. The molecule has 3 aliphatic rings. The van der Waals surface area contributed by atoms with Crippen LogP contribution < -0.4 is 10.6 Å². The highest BCUT2D eigenvalue weighted by atomic mass is 127. The van der Waals surface area contributed by atoms with E-state index in [0.717, 1.165) is 56.6 Å². The molecule has 0 spiro atoms. The Bertz CT molecular complexity index is 703. The molecule has 0 bridgehead atoms. The average molecular weight is 502 g/mol. The van der Waals surface area contributed by atoms with Crippen LogP contribution in [0.15, 0.2) is 4.99 Å². The van der Waals surface area contributed by atoms with Crippen molar-refractivity contribution < 1.29 is 4.74 Å². The summed E-state index contributed by atoms with van der Waals surface area (Å²) in [6.45, 7) is 11.4. The number of hydrogen-bond acceptors (Lipinski definition) is 4. The fraction of sp³-hybridized carbons (Fsp3) is 0.850. The maximum Gasteiger partial charge on any atom is 0.191 e. The lowest BCUT2D eigenvalue weighted by Crippen LogP contribution is -2.71. The summed E-state index contributed by atoms with van der Waals surface area (Å²) in [4.78, 5) is 9.35. The SMILES string of the molecule is CCN=C(NC1CCc2nc(CC)nn2C1)NC1C2CCCOC2C1(C)C.I. The maximum absolute atomic E-state index is 6.05. The molecule has 8 heteroatoms. The Labute approximate surface area is 185 Å². The van der Waals surface area contributed by atoms with E-state index in [4.69, 9.17) is 9.73 Å². The van der Waals surface area contributed by atoms with Gasteiger partial charge in [-0.25, -0.2) is 9.67 Å². The van der Waals surface area contributed by atoms with Crippen LogP contribution in [0.25, 0.3) is 0 Å². The summed E-state index contributed by atoms with van der Waals surface area (Å²) in [5.74, 6) is 3.60. The minimum atomic E-state index is 0. The van der Waals surface area contributed by atoms with Gasteiger partial charge in [-0.05, 0) is 26.2 Å². The van der Waals surface area contributed by atoms with Gasteiger partial charge >= 0.3 is 0 Å². The molecule has 1 saturated carbocycles. The van der Waals surface area contributed by atoms with Crippen molar-refractivity contribution in [1.82, 2.24) is 25.4 Å². The molecule has 4 rings (SSSR count). The molecule has 4 unspecified atom stereocenters. The highest BCUT2D eigenvalue weighted by Gasteiger charge is 2.58. The lowest BCUT2D eigenvalue weighted by atomic mass is 9.55. The van der Waals surface area contributed by atoms with Crippen molar-refractivity contribution in [2.45, 2.75) is 84.5 Å². The van der Waals surface area contributed by atoms with Crippen molar-refractivity contribution >= 4 is 29.9 Å². The number of nitrogens with one attached hydrogen (secondary N) is 2. The van der Waals surface area contributed by atoms with Crippen molar-refractivity contribution in [3.05, 3.63) is 11.6 Å². The summed E-state index contributed by atoms with van der Waals surface area (Å²) in [6, 6.07) is 0.751. The molecule has 7 nitrogen and oxygen atoms in total. The van der Waals surface area contributed by atoms with Crippen LogP contribution in [0.2, 0.25) is 0 Å². The van der Waals surface area contributed by atoms with Gasteiger partial charge in [0.2, 0.25) is 0 Å². The van der Waals surface area contributed by atoms with E-state index in [9.17, 15) is 0 Å². The molecular weight excluding hydrogens is 467 g/mol. The predicted octanol–water partition coefficient (Wildman–Crippen LogP) is 2.53. The van der Waals surface area contributed by atoms with Crippen molar-refractivity contribution in [2.75, 3.05) is 13.2 Å². The summed E-state index contributed by atoms with van der Waals surface area (Å²) in [7, 11) is 0. The van der Waals surface area contributed by atoms with Gasteiger partial charge in [-0.2, -0.15) is 5.10 Å². The first kappa shape index (κ1) is 21.8. The third-order valence-electron chi connectivity index (χ3n) is 6.50. The molecule has 3 heterocycles. The summed E-state index contributed by atoms with van der Waals surface area (Å²) in [5, 5.41) is 12.0. The first-order valence-corrected chi connectivity index (χ1v) is 10.6. The van der Waals surface area contributed by atoms with Gasteiger partial charge in [-0.1, -0.05) is 20.8 Å². The zero-order chi connectivity index (χ0) is 19.0. The number of hydrogen-bond donors (Lipinski definition) is 2. The maximum atomic E-state index is 6.05. The third-order valence-corrected chi connectivity index (χ3v) is 6.50. The zero-order valence-electron chi connectivity index (χ0n) is 17.6. The molecule has 1 saturated heterocycles. The monoisotopic (exact) mass is 502 g/mol. The van der Waals surface area contributed by atoms with E-state index in [0.29, 0.717) is 24.1 Å². The molecule has 158 valence electrons. The molecule has 2 N–H and O–H groups in total. The van der Waals surface area contributed by atoms with Crippen LogP contribution in [-0.2, 0) is 24.1 Å². The van der Waals surface area contributed by atoms with E-state index < -0.39 is 0 Å². The highest BCUT2D eigenvalue weighted by Crippen LogP contribution is 2.51. The summed E-state index contributed by atoms with van der Waals surface area (Å²) in [5.41, 5.74) is 0.142. The number of guanidine groups is 1. The van der Waals surface area contributed by atoms with Crippen LogP contribution in [0, 0.1) is 11.3 Å². The highest BCUT2D eigenvalue weighted by molar-refractivity contribution is 14.0. The smallest absolute Gasteiger partial charge is 0.191 e. The lowest BCUT2D eigenvalue weighted by Gasteiger charge is -2.60. The summed E-state index contributed by atoms with van der Waals surface area (Å²) in [6.07, 6.45) is 5.72. The van der Waals surface area contributed by atoms with E-state index in [1.165, 1.54) is 12.8 Å². The van der Waals surface area contributed by atoms with Crippen LogP contribution in [0.5, 0.6) is 0 Å². The standard InChI is InChI=1S/C20H34N6O.HI/c1-5-15-23-16-10-9-13(12-26(16)25-15)22-19(21-6-2)24-17-14-8-7-11-27-18(14)20(17,3)4;/h13-14,17-18H,5-12H2,1-4H3,(H2,21,22,24);1H. The Balaban J connectivity index is 0.00000225. The van der Waals surface area contributed by atoms with Crippen LogP contribution >= 0.6 is 24.0 Å². The normalized spacial score (nSPS) is 31.1. The van der Waals surface area contributed by atoms with E-state index in [1.54, 1.807) is 0 Å². The fourth-order valence-corrected chi connectivity index (χ4v) is 5.08. The van der Waals surface area contributed by atoms with Crippen LogP contribution in [0.3, 0.4) is 0 Å². The van der Waals surface area contributed by atoms with E-state index in [2.05, 4.69) is 53.1 Å². The molecule has 4 atom stereocenters. The van der Waals surface area contributed by atoms with Crippen molar-refractivity contribution in [2.24, 2.45) is 16.3 Å². The summed E-state index contributed by atoms with van der Waals surface area (Å²) < 4.78 is 8.12. The van der Waals surface area contributed by atoms with E-state index in [1.807, 2.05) is 0 Å². The Morgan fingerprint density at radius 1 is 1.29 bits per heavy atom. The van der Waals surface area contributed by atoms with Gasteiger partial charge in [0.1, 0.15) is 5.82 Å². The number of aliphatic imine (C=N–C) groups is 1. The second-order valence-electron chi connectivity index (χ2n) is 8.72. The predicted molar refractivity (Wildman–Crippen MR) is 121 cm³/mol. The molecule has 1 aromatic rings. The number of halogens is 1. The number of nitrogens with zero attached hydrogens (tertiary/aromatic N) is 4. The van der Waals surface area contributed by atoms with Gasteiger partial charge in [-0.3, -0.25) is 4.99 Å². The summed E-state index contributed by atoms with van der Waals surface area (Å²) >= 11 is 0. The molecule has 0 amide bonds. The number of aromatic nitrogens is 3. The average Bonchev–Trinajstić information content (AvgIpc) is 3.08. The molecule has 2 fully saturated rings. The number of fused-ring (bicyclic) bond motifs is 2. The number of ether oxygens (including phenoxy) is 1. The van der Waals surface area contributed by atoms with Crippen molar-refractivity contribution in [3.63, 3.8) is 0 Å². The molecule has 1 aromatic heterocycles. The lowest BCUT2D eigenvalue weighted by molar-refractivity contribution is -0.188. The Hall–Kier alpha value is -0.900. The minimum absolute atomic E-state index is 0. The number of aryl methyl sites for hydroxylation is 2. The first-order valence-electron chi connectivity index (χ1n) is 10.6. The second-order valence-corrected chi connectivity index (χ2v) is 8.72. The van der Waals surface area contributed by atoms with Gasteiger partial charge in [0, 0.05) is 49.4 Å². The topological polar surface area (TPSA) is 76.4 Å². The van der Waals surface area contributed by atoms with Crippen LogP contribution in [0.4, 0.5) is 0 Å². The van der Waals surface area contributed by atoms with E-state index in [-0.39, 0.29) is 29.4 Å². The Kier molecular flexibility index (Phi) is 6.89. The number of rotatable bonds is 4. The fourth-order valence-electron chi connectivity index (χ4n) is 5.08. The molecule has 1 aliphatic carbocycles.